The molecular weight excluding hydrogens is 366 g/mol. The molecular formula is C21H26ClNO4. The highest BCUT2D eigenvalue weighted by Gasteiger charge is 2.18. The van der Waals surface area contributed by atoms with Gasteiger partial charge in [-0.1, -0.05) is 49.7 Å². The monoisotopic (exact) mass is 391 g/mol. The fraction of sp³-hybridized carbons (Fsp3) is 0.381. The maximum absolute atomic E-state index is 11.4. The lowest BCUT2D eigenvalue weighted by Crippen LogP contribution is -2.37. The van der Waals surface area contributed by atoms with E-state index in [1.807, 2.05) is 56.3 Å². The lowest BCUT2D eigenvalue weighted by molar-refractivity contribution is -0.140. The second kappa shape index (κ2) is 10.2. The van der Waals surface area contributed by atoms with Crippen LogP contribution in [0.1, 0.15) is 31.4 Å². The highest BCUT2D eigenvalue weighted by molar-refractivity contribution is 6.31. The summed E-state index contributed by atoms with van der Waals surface area (Å²) in [6, 6.07) is 12.5. The van der Waals surface area contributed by atoms with Crippen molar-refractivity contribution in [1.82, 2.24) is 5.32 Å². The van der Waals surface area contributed by atoms with Crippen LogP contribution in [0.25, 0.3) is 0 Å². The first-order valence-electron chi connectivity index (χ1n) is 8.90. The number of hydrogen-bond donors (Lipinski definition) is 2. The van der Waals surface area contributed by atoms with Crippen molar-refractivity contribution in [2.24, 2.45) is 5.92 Å². The van der Waals surface area contributed by atoms with E-state index in [4.69, 9.17) is 21.1 Å². The summed E-state index contributed by atoms with van der Waals surface area (Å²) >= 11 is 6.15. The Hall–Kier alpha value is -2.24. The number of carboxylic acids is 1. The number of carboxylic acid groups (broad SMARTS) is 1. The molecule has 5 nitrogen and oxygen atoms in total. The van der Waals surface area contributed by atoms with Crippen molar-refractivity contribution in [3.63, 3.8) is 0 Å². The molecule has 0 aliphatic heterocycles. The molecule has 0 bridgehead atoms. The number of hydrogen-bond acceptors (Lipinski definition) is 4. The molecule has 2 rings (SSSR count). The third-order valence-corrected chi connectivity index (χ3v) is 4.50. The van der Waals surface area contributed by atoms with E-state index in [2.05, 4.69) is 5.32 Å². The van der Waals surface area contributed by atoms with Gasteiger partial charge in [-0.3, -0.25) is 4.79 Å². The van der Waals surface area contributed by atoms with Crippen LogP contribution in [0.2, 0.25) is 5.02 Å². The molecule has 0 amide bonds. The van der Waals surface area contributed by atoms with Crippen molar-refractivity contribution in [3.05, 3.63) is 58.6 Å². The highest BCUT2D eigenvalue weighted by atomic mass is 35.5. The molecule has 27 heavy (non-hydrogen) atoms. The zero-order valence-electron chi connectivity index (χ0n) is 15.9. The van der Waals surface area contributed by atoms with Crippen LogP contribution >= 0.6 is 11.6 Å². The van der Waals surface area contributed by atoms with Gasteiger partial charge in [0, 0.05) is 17.1 Å². The molecule has 0 aliphatic rings. The average molecular weight is 392 g/mol. The molecule has 6 heteroatoms. The fourth-order valence-electron chi connectivity index (χ4n) is 2.70. The second-order valence-corrected chi connectivity index (χ2v) is 7.17. The van der Waals surface area contributed by atoms with E-state index in [9.17, 15) is 9.90 Å². The summed E-state index contributed by atoms with van der Waals surface area (Å²) in [5, 5.41) is 13.1. The topological polar surface area (TPSA) is 67.8 Å². The zero-order valence-corrected chi connectivity index (χ0v) is 16.6. The highest BCUT2D eigenvalue weighted by Crippen LogP contribution is 2.29. The Kier molecular flexibility index (Phi) is 7.95. The number of carbonyl (C=O) groups is 1. The number of rotatable bonds is 10. The van der Waals surface area contributed by atoms with Gasteiger partial charge in [-0.05, 0) is 36.1 Å². The number of ether oxygens (including phenoxy) is 2. The lowest BCUT2D eigenvalue weighted by atomic mass is 10.0. The SMILES string of the molecule is COc1cc(CNC(CC(C)C)C(=O)O)ccc1OCc1ccccc1Cl. The predicted molar refractivity (Wildman–Crippen MR) is 106 cm³/mol. The van der Waals surface area contributed by atoms with E-state index in [-0.39, 0.29) is 0 Å². The number of aliphatic carboxylic acids is 1. The average Bonchev–Trinajstić information content (AvgIpc) is 2.64. The Balaban J connectivity index is 2.02. The molecule has 0 aromatic heterocycles. The Labute approximate surface area is 165 Å². The van der Waals surface area contributed by atoms with E-state index in [0.29, 0.717) is 42.0 Å². The minimum absolute atomic E-state index is 0.300. The van der Waals surface area contributed by atoms with Crippen molar-refractivity contribution in [2.45, 2.75) is 39.5 Å². The van der Waals surface area contributed by atoms with Gasteiger partial charge < -0.3 is 19.9 Å². The van der Waals surface area contributed by atoms with Crippen LogP contribution in [-0.2, 0) is 17.9 Å². The van der Waals surface area contributed by atoms with Gasteiger partial charge in [-0.2, -0.15) is 0 Å². The third kappa shape index (κ3) is 6.45. The smallest absolute Gasteiger partial charge is 0.320 e. The standard InChI is InChI=1S/C21H26ClNO4/c1-14(2)10-18(21(24)25)23-12-15-8-9-19(20(11-15)26-3)27-13-16-6-4-5-7-17(16)22/h4-9,11,14,18,23H,10,12-13H2,1-3H3,(H,24,25). The van der Waals surface area contributed by atoms with Crippen LogP contribution in [-0.4, -0.2) is 24.2 Å². The first-order valence-corrected chi connectivity index (χ1v) is 9.27. The number of nitrogens with one attached hydrogen (secondary N) is 1. The zero-order chi connectivity index (χ0) is 19.8. The molecule has 0 heterocycles. The minimum atomic E-state index is -0.838. The van der Waals surface area contributed by atoms with Crippen LogP contribution in [0.4, 0.5) is 0 Å². The molecule has 146 valence electrons. The second-order valence-electron chi connectivity index (χ2n) is 6.77. The fourth-order valence-corrected chi connectivity index (χ4v) is 2.89. The molecule has 0 fully saturated rings. The molecule has 0 radical (unpaired) electrons. The van der Waals surface area contributed by atoms with Gasteiger partial charge in [0.1, 0.15) is 12.6 Å². The maximum atomic E-state index is 11.4. The van der Waals surface area contributed by atoms with Crippen molar-refractivity contribution < 1.29 is 19.4 Å². The quantitative estimate of drug-likeness (QED) is 0.623. The Morgan fingerprint density at radius 2 is 1.93 bits per heavy atom. The summed E-state index contributed by atoms with van der Waals surface area (Å²) in [6.45, 7) is 4.78. The molecule has 0 aliphatic carbocycles. The van der Waals surface area contributed by atoms with Crippen molar-refractivity contribution in [2.75, 3.05) is 7.11 Å². The molecule has 0 spiro atoms. The summed E-state index contributed by atoms with van der Waals surface area (Å²) in [5.74, 6) is 0.666. The van der Waals surface area contributed by atoms with Crippen LogP contribution in [0.3, 0.4) is 0 Å². The Bertz CT molecular complexity index is 764. The van der Waals surface area contributed by atoms with Crippen molar-refractivity contribution >= 4 is 17.6 Å². The van der Waals surface area contributed by atoms with Gasteiger partial charge >= 0.3 is 5.97 Å². The van der Waals surface area contributed by atoms with Gasteiger partial charge in [-0.25, -0.2) is 0 Å². The predicted octanol–water partition coefficient (Wildman–Crippen LogP) is 4.52. The molecule has 2 aromatic carbocycles. The largest absolute Gasteiger partial charge is 0.493 e. The Morgan fingerprint density at radius 3 is 2.56 bits per heavy atom. The Morgan fingerprint density at radius 1 is 1.19 bits per heavy atom. The minimum Gasteiger partial charge on any atom is -0.493 e. The van der Waals surface area contributed by atoms with E-state index in [1.165, 1.54) is 0 Å². The van der Waals surface area contributed by atoms with Crippen LogP contribution in [0, 0.1) is 5.92 Å². The summed E-state index contributed by atoms with van der Waals surface area (Å²) < 4.78 is 11.3. The molecule has 2 aromatic rings. The molecule has 0 saturated heterocycles. The normalized spacial score (nSPS) is 12.0. The van der Waals surface area contributed by atoms with Gasteiger partial charge in [0.05, 0.1) is 7.11 Å². The van der Waals surface area contributed by atoms with Crippen molar-refractivity contribution in [1.29, 1.82) is 0 Å². The lowest BCUT2D eigenvalue weighted by Gasteiger charge is -2.17. The van der Waals surface area contributed by atoms with E-state index < -0.39 is 12.0 Å². The van der Waals surface area contributed by atoms with Crippen LogP contribution in [0.15, 0.2) is 42.5 Å². The molecule has 0 saturated carbocycles. The number of methoxy groups -OCH3 is 1. The number of benzene rings is 2. The number of halogens is 1. The van der Waals surface area contributed by atoms with E-state index in [0.717, 1.165) is 11.1 Å². The first-order chi connectivity index (χ1) is 12.9. The van der Waals surface area contributed by atoms with Crippen LogP contribution in [0.5, 0.6) is 11.5 Å². The third-order valence-electron chi connectivity index (χ3n) is 4.13. The summed E-state index contributed by atoms with van der Waals surface area (Å²) in [6.07, 6.45) is 0.575. The molecule has 2 N–H and O–H groups in total. The van der Waals surface area contributed by atoms with Gasteiger partial charge in [0.2, 0.25) is 0 Å². The summed E-state index contributed by atoms with van der Waals surface area (Å²) in [7, 11) is 1.58. The first kappa shape index (κ1) is 21.1. The summed E-state index contributed by atoms with van der Waals surface area (Å²) in [4.78, 5) is 11.4. The van der Waals surface area contributed by atoms with E-state index in [1.54, 1.807) is 7.11 Å². The van der Waals surface area contributed by atoms with Crippen LogP contribution < -0.4 is 14.8 Å². The molecule has 1 unspecified atom stereocenters. The maximum Gasteiger partial charge on any atom is 0.320 e. The van der Waals surface area contributed by atoms with E-state index >= 15 is 0 Å². The molecule has 1 atom stereocenters. The van der Waals surface area contributed by atoms with Gasteiger partial charge in [-0.15, -0.1) is 0 Å². The van der Waals surface area contributed by atoms with Crippen molar-refractivity contribution in [3.8, 4) is 11.5 Å². The summed E-state index contributed by atoms with van der Waals surface area (Å²) in [5.41, 5.74) is 1.82. The van der Waals surface area contributed by atoms with Gasteiger partial charge in [0.25, 0.3) is 0 Å². The van der Waals surface area contributed by atoms with Gasteiger partial charge in [0.15, 0.2) is 11.5 Å².